The van der Waals surface area contributed by atoms with Crippen molar-refractivity contribution in [3.8, 4) is 0 Å². The van der Waals surface area contributed by atoms with Crippen LogP contribution >= 0.6 is 22.9 Å². The lowest BCUT2D eigenvalue weighted by Crippen LogP contribution is -2.07. The van der Waals surface area contributed by atoms with Gasteiger partial charge < -0.3 is 5.32 Å². The summed E-state index contributed by atoms with van der Waals surface area (Å²) in [6.07, 6.45) is 2.19. The molecule has 11 heavy (non-hydrogen) atoms. The van der Waals surface area contributed by atoms with Crippen molar-refractivity contribution in [1.29, 1.82) is 0 Å². The summed E-state index contributed by atoms with van der Waals surface area (Å²) < 4.78 is 0.903. The molecule has 0 atom stereocenters. The SMILES string of the molecule is Clc1sccc1C1=CCNC1. The first-order valence-corrected chi connectivity index (χ1v) is 4.77. The first-order chi connectivity index (χ1) is 5.38. The van der Waals surface area contributed by atoms with Gasteiger partial charge in [0.2, 0.25) is 0 Å². The van der Waals surface area contributed by atoms with Gasteiger partial charge in [0.05, 0.1) is 0 Å². The highest BCUT2D eigenvalue weighted by Gasteiger charge is 2.09. The smallest absolute Gasteiger partial charge is 0.100 e. The van der Waals surface area contributed by atoms with Crippen LogP contribution in [0.4, 0.5) is 0 Å². The molecule has 2 heterocycles. The molecule has 0 bridgehead atoms. The summed E-state index contributed by atoms with van der Waals surface area (Å²) in [4.78, 5) is 0. The Bertz CT molecular complexity index is 290. The Kier molecular flexibility index (Phi) is 1.98. The summed E-state index contributed by atoms with van der Waals surface area (Å²) >= 11 is 7.56. The molecule has 0 saturated heterocycles. The Morgan fingerprint density at radius 2 is 2.45 bits per heavy atom. The van der Waals surface area contributed by atoms with Crippen LogP contribution in [-0.4, -0.2) is 13.1 Å². The van der Waals surface area contributed by atoms with Gasteiger partial charge in [0.25, 0.3) is 0 Å². The molecule has 0 amide bonds. The van der Waals surface area contributed by atoms with Gasteiger partial charge in [-0.2, -0.15) is 0 Å². The van der Waals surface area contributed by atoms with E-state index in [9.17, 15) is 0 Å². The maximum absolute atomic E-state index is 5.97. The molecule has 0 aromatic carbocycles. The van der Waals surface area contributed by atoms with Gasteiger partial charge >= 0.3 is 0 Å². The third-order valence-corrected chi connectivity index (χ3v) is 2.94. The van der Waals surface area contributed by atoms with E-state index in [0.29, 0.717) is 0 Å². The number of hydrogen-bond donors (Lipinski definition) is 1. The summed E-state index contributed by atoms with van der Waals surface area (Å²) in [6, 6.07) is 2.08. The Morgan fingerprint density at radius 3 is 3.00 bits per heavy atom. The minimum absolute atomic E-state index is 0.903. The number of rotatable bonds is 1. The van der Waals surface area contributed by atoms with Gasteiger partial charge in [-0.25, -0.2) is 0 Å². The van der Waals surface area contributed by atoms with Crippen LogP contribution in [0.2, 0.25) is 4.34 Å². The van der Waals surface area contributed by atoms with Crippen molar-refractivity contribution in [1.82, 2.24) is 5.32 Å². The van der Waals surface area contributed by atoms with Crippen LogP contribution in [0.15, 0.2) is 17.5 Å². The van der Waals surface area contributed by atoms with Crippen molar-refractivity contribution in [2.24, 2.45) is 0 Å². The molecule has 58 valence electrons. The minimum atomic E-state index is 0.903. The summed E-state index contributed by atoms with van der Waals surface area (Å²) in [5, 5.41) is 5.27. The van der Waals surface area contributed by atoms with Gasteiger partial charge in [-0.3, -0.25) is 0 Å². The quantitative estimate of drug-likeness (QED) is 0.709. The van der Waals surface area contributed by atoms with E-state index in [4.69, 9.17) is 11.6 Å². The molecule has 0 radical (unpaired) electrons. The zero-order chi connectivity index (χ0) is 7.68. The largest absolute Gasteiger partial charge is 0.309 e. The molecule has 1 aromatic rings. The molecule has 1 nitrogen and oxygen atoms in total. The van der Waals surface area contributed by atoms with E-state index in [1.54, 1.807) is 11.3 Å². The second-order valence-corrected chi connectivity index (χ2v) is 3.99. The zero-order valence-corrected chi connectivity index (χ0v) is 7.50. The fraction of sp³-hybridized carbons (Fsp3) is 0.250. The van der Waals surface area contributed by atoms with Crippen molar-refractivity contribution < 1.29 is 0 Å². The van der Waals surface area contributed by atoms with Gasteiger partial charge in [0.15, 0.2) is 0 Å². The fourth-order valence-corrected chi connectivity index (χ4v) is 2.19. The van der Waals surface area contributed by atoms with Crippen molar-refractivity contribution >= 4 is 28.5 Å². The maximum atomic E-state index is 5.97. The third-order valence-electron chi connectivity index (χ3n) is 1.77. The molecule has 0 unspecified atom stereocenters. The van der Waals surface area contributed by atoms with Crippen LogP contribution in [0, 0.1) is 0 Å². The average molecular weight is 186 g/mol. The summed E-state index contributed by atoms with van der Waals surface area (Å²) in [7, 11) is 0. The minimum Gasteiger partial charge on any atom is -0.309 e. The van der Waals surface area contributed by atoms with Crippen molar-refractivity contribution in [2.45, 2.75) is 0 Å². The third kappa shape index (κ3) is 1.34. The second-order valence-electron chi connectivity index (χ2n) is 2.47. The van der Waals surface area contributed by atoms with E-state index >= 15 is 0 Å². The first-order valence-electron chi connectivity index (χ1n) is 3.51. The zero-order valence-electron chi connectivity index (χ0n) is 5.93. The number of hydrogen-bond acceptors (Lipinski definition) is 2. The van der Waals surface area contributed by atoms with E-state index in [-0.39, 0.29) is 0 Å². The molecule has 2 rings (SSSR count). The van der Waals surface area contributed by atoms with Crippen molar-refractivity contribution in [3.05, 3.63) is 27.4 Å². The fourth-order valence-electron chi connectivity index (χ4n) is 1.20. The van der Waals surface area contributed by atoms with Crippen LogP contribution in [-0.2, 0) is 0 Å². The van der Waals surface area contributed by atoms with Crippen LogP contribution in [0.25, 0.3) is 5.57 Å². The Morgan fingerprint density at radius 1 is 1.55 bits per heavy atom. The number of thiophene rings is 1. The van der Waals surface area contributed by atoms with Crippen LogP contribution in [0.3, 0.4) is 0 Å². The first kappa shape index (κ1) is 7.35. The molecule has 1 aliphatic heterocycles. The highest BCUT2D eigenvalue weighted by Crippen LogP contribution is 2.29. The molecule has 0 spiro atoms. The monoisotopic (exact) mass is 185 g/mol. The molecular weight excluding hydrogens is 178 g/mol. The van der Waals surface area contributed by atoms with E-state index in [2.05, 4.69) is 17.5 Å². The van der Waals surface area contributed by atoms with Gasteiger partial charge in [-0.05, 0) is 17.0 Å². The average Bonchev–Trinajstić information content (AvgIpc) is 2.55. The second kappa shape index (κ2) is 2.97. The standard InChI is InChI=1S/C8H8ClNS/c9-8-7(2-4-11-8)6-1-3-10-5-6/h1-2,4,10H,3,5H2. The summed E-state index contributed by atoms with van der Waals surface area (Å²) in [5.74, 6) is 0. The molecule has 0 saturated carbocycles. The molecule has 0 fully saturated rings. The molecular formula is C8H8ClNS. The van der Waals surface area contributed by atoms with Crippen molar-refractivity contribution in [2.75, 3.05) is 13.1 Å². The van der Waals surface area contributed by atoms with Crippen LogP contribution in [0.5, 0.6) is 0 Å². The lowest BCUT2D eigenvalue weighted by molar-refractivity contribution is 0.897. The summed E-state index contributed by atoms with van der Waals surface area (Å²) in [6.45, 7) is 1.93. The Labute approximate surface area is 74.7 Å². The van der Waals surface area contributed by atoms with E-state index in [1.807, 2.05) is 5.38 Å². The van der Waals surface area contributed by atoms with E-state index in [1.165, 1.54) is 11.1 Å². The topological polar surface area (TPSA) is 12.0 Å². The highest BCUT2D eigenvalue weighted by molar-refractivity contribution is 7.14. The molecule has 0 aliphatic carbocycles. The lowest BCUT2D eigenvalue weighted by atomic mass is 10.1. The Balaban J connectivity index is 2.35. The molecule has 1 aliphatic rings. The predicted molar refractivity (Wildman–Crippen MR) is 50.2 cm³/mol. The molecule has 3 heteroatoms. The van der Waals surface area contributed by atoms with E-state index in [0.717, 1.165) is 17.4 Å². The van der Waals surface area contributed by atoms with Crippen LogP contribution < -0.4 is 5.32 Å². The Hall–Kier alpha value is -0.310. The summed E-state index contributed by atoms with van der Waals surface area (Å²) in [5.41, 5.74) is 2.53. The molecule has 1 aromatic heterocycles. The van der Waals surface area contributed by atoms with E-state index < -0.39 is 0 Å². The van der Waals surface area contributed by atoms with Gasteiger partial charge in [-0.1, -0.05) is 17.7 Å². The normalized spacial score (nSPS) is 17.0. The number of halogens is 1. The van der Waals surface area contributed by atoms with Gasteiger partial charge in [0, 0.05) is 18.7 Å². The predicted octanol–water partition coefficient (Wildman–Crippen LogP) is 2.39. The maximum Gasteiger partial charge on any atom is 0.100 e. The molecule has 1 N–H and O–H groups in total. The number of nitrogens with one attached hydrogen (secondary N) is 1. The van der Waals surface area contributed by atoms with Gasteiger partial charge in [-0.15, -0.1) is 11.3 Å². The van der Waals surface area contributed by atoms with Crippen LogP contribution in [0.1, 0.15) is 5.56 Å². The highest BCUT2D eigenvalue weighted by atomic mass is 35.5. The van der Waals surface area contributed by atoms with Crippen molar-refractivity contribution in [3.63, 3.8) is 0 Å². The lowest BCUT2D eigenvalue weighted by Gasteiger charge is -1.97. The van der Waals surface area contributed by atoms with Gasteiger partial charge in [0.1, 0.15) is 4.34 Å².